The normalized spacial score (nSPS) is 13.3. The number of methoxy groups -OCH3 is 1. The number of benzene rings is 1. The summed E-state index contributed by atoms with van der Waals surface area (Å²) in [6, 6.07) is 8.17. The van der Waals surface area contributed by atoms with E-state index in [4.69, 9.17) is 16.3 Å². The van der Waals surface area contributed by atoms with Crippen molar-refractivity contribution >= 4 is 57.7 Å². The zero-order valence-electron chi connectivity index (χ0n) is 17.9. The van der Waals surface area contributed by atoms with Crippen LogP contribution < -0.4 is 10.6 Å². The van der Waals surface area contributed by atoms with Crippen molar-refractivity contribution in [2.75, 3.05) is 26.0 Å². The van der Waals surface area contributed by atoms with E-state index in [1.165, 1.54) is 18.4 Å². The quantitative estimate of drug-likeness (QED) is 0.495. The number of nitrogens with one attached hydrogen (secondary N) is 2. The third-order valence-electron chi connectivity index (χ3n) is 5.17. The molecule has 2 amide bonds. The number of aromatic nitrogens is 1. The molecule has 0 unspecified atom stereocenters. The summed E-state index contributed by atoms with van der Waals surface area (Å²) in [6.45, 7) is 1.68. The number of esters is 1. The lowest BCUT2D eigenvalue weighted by atomic mass is 10.0. The van der Waals surface area contributed by atoms with Crippen molar-refractivity contribution in [3.63, 3.8) is 0 Å². The molecular formula is C22H21ClN4O4S2. The van der Waals surface area contributed by atoms with Crippen LogP contribution in [0.1, 0.15) is 46.0 Å². The van der Waals surface area contributed by atoms with E-state index < -0.39 is 5.97 Å². The molecule has 1 aliphatic heterocycles. The van der Waals surface area contributed by atoms with Gasteiger partial charge in [-0.15, -0.1) is 22.7 Å². The number of anilines is 1. The number of hydrogen-bond donors (Lipinski definition) is 2. The van der Waals surface area contributed by atoms with Crippen LogP contribution in [0.4, 0.5) is 5.69 Å². The first kappa shape index (κ1) is 23.4. The number of thiazole rings is 1. The number of thiophene rings is 1. The molecule has 11 heteroatoms. The van der Waals surface area contributed by atoms with E-state index in [-0.39, 0.29) is 23.9 Å². The molecular weight excluding hydrogens is 484 g/mol. The summed E-state index contributed by atoms with van der Waals surface area (Å²) >= 11 is 8.44. The molecule has 0 spiro atoms. The molecule has 0 saturated carbocycles. The molecule has 3 heterocycles. The number of ether oxygens (including phenoxy) is 1. The average Bonchev–Trinajstić information content (AvgIpc) is 3.43. The van der Waals surface area contributed by atoms with Crippen LogP contribution in [0.15, 0.2) is 30.3 Å². The lowest BCUT2D eigenvalue weighted by molar-refractivity contribution is 0.0598. The standard InChI is InChI=1S/C22H21ClN4O4S2/c1-27-9-8-15-17(11-27)33-21(26-15)20(29)25-14-5-3-4-12(22(30)31-2)13(14)10-24-19(28)16-6-7-18(23)32-16/h3-7H,8-11H2,1-2H3,(H,24,28)(H,25,29). The maximum atomic E-state index is 13.0. The molecule has 8 nitrogen and oxygen atoms in total. The molecule has 0 radical (unpaired) electrons. The van der Waals surface area contributed by atoms with Crippen molar-refractivity contribution in [2.45, 2.75) is 19.5 Å². The van der Waals surface area contributed by atoms with Crippen LogP contribution in [0.5, 0.6) is 0 Å². The van der Waals surface area contributed by atoms with Crippen molar-refractivity contribution in [1.82, 2.24) is 15.2 Å². The molecule has 0 bridgehead atoms. The van der Waals surface area contributed by atoms with E-state index in [0.29, 0.717) is 25.5 Å². The number of carbonyl (C=O) groups is 3. The van der Waals surface area contributed by atoms with Gasteiger partial charge in [-0.2, -0.15) is 0 Å². The van der Waals surface area contributed by atoms with Crippen LogP contribution in [-0.4, -0.2) is 48.4 Å². The van der Waals surface area contributed by atoms with Crippen LogP contribution in [0.25, 0.3) is 0 Å². The molecule has 2 N–H and O–H groups in total. The molecule has 172 valence electrons. The first-order chi connectivity index (χ1) is 15.9. The molecule has 4 rings (SSSR count). The van der Waals surface area contributed by atoms with Crippen LogP contribution >= 0.6 is 34.3 Å². The van der Waals surface area contributed by atoms with Crippen molar-refractivity contribution in [3.05, 3.63) is 66.3 Å². The molecule has 0 aliphatic carbocycles. The molecule has 2 aromatic heterocycles. The highest BCUT2D eigenvalue weighted by Gasteiger charge is 2.23. The Bertz CT molecular complexity index is 1220. The van der Waals surface area contributed by atoms with Gasteiger partial charge in [-0.3, -0.25) is 9.59 Å². The predicted octanol–water partition coefficient (Wildman–Crippen LogP) is 3.81. The van der Waals surface area contributed by atoms with Gasteiger partial charge in [0, 0.05) is 42.2 Å². The maximum Gasteiger partial charge on any atom is 0.338 e. The summed E-state index contributed by atoms with van der Waals surface area (Å²) in [5.41, 5.74) is 2.04. The van der Waals surface area contributed by atoms with E-state index in [2.05, 4.69) is 20.5 Å². The van der Waals surface area contributed by atoms with Gasteiger partial charge in [-0.1, -0.05) is 17.7 Å². The third kappa shape index (κ3) is 5.25. The smallest absolute Gasteiger partial charge is 0.338 e. The Hall–Kier alpha value is -2.79. The molecule has 33 heavy (non-hydrogen) atoms. The summed E-state index contributed by atoms with van der Waals surface area (Å²) in [4.78, 5) is 46.1. The van der Waals surface area contributed by atoms with Gasteiger partial charge in [0.1, 0.15) is 0 Å². The number of fused-ring (bicyclic) bond motifs is 1. The van der Waals surface area contributed by atoms with Gasteiger partial charge in [0.2, 0.25) is 0 Å². The molecule has 0 saturated heterocycles. The fourth-order valence-corrected chi connectivity index (χ4v) is 5.53. The molecule has 0 atom stereocenters. The SMILES string of the molecule is COC(=O)c1cccc(NC(=O)c2nc3c(s2)CN(C)CC3)c1CNC(=O)c1ccc(Cl)s1. The lowest BCUT2D eigenvalue weighted by Crippen LogP contribution is -2.25. The second-order valence-corrected chi connectivity index (χ2v) is 10.2. The Morgan fingerprint density at radius 3 is 2.73 bits per heavy atom. The first-order valence-corrected chi connectivity index (χ1v) is 12.1. The predicted molar refractivity (Wildman–Crippen MR) is 128 cm³/mol. The van der Waals surface area contributed by atoms with Crippen LogP contribution in [0.3, 0.4) is 0 Å². The summed E-state index contributed by atoms with van der Waals surface area (Å²) in [5, 5.41) is 6.00. The van der Waals surface area contributed by atoms with Gasteiger partial charge in [0.05, 0.1) is 27.6 Å². The zero-order chi connectivity index (χ0) is 23.5. The molecule has 1 aromatic carbocycles. The monoisotopic (exact) mass is 504 g/mol. The number of amides is 2. The largest absolute Gasteiger partial charge is 0.465 e. The highest BCUT2D eigenvalue weighted by Crippen LogP contribution is 2.27. The number of nitrogens with zero attached hydrogens (tertiary/aromatic N) is 2. The van der Waals surface area contributed by atoms with E-state index in [9.17, 15) is 14.4 Å². The van der Waals surface area contributed by atoms with Gasteiger partial charge in [0.15, 0.2) is 5.01 Å². The van der Waals surface area contributed by atoms with Crippen LogP contribution in [-0.2, 0) is 24.2 Å². The van der Waals surface area contributed by atoms with Gasteiger partial charge >= 0.3 is 5.97 Å². The Kier molecular flexibility index (Phi) is 7.08. The topological polar surface area (TPSA) is 101 Å². The second kappa shape index (κ2) is 10.0. The van der Waals surface area contributed by atoms with Crippen LogP contribution in [0, 0.1) is 0 Å². The van der Waals surface area contributed by atoms with Gasteiger partial charge < -0.3 is 20.3 Å². The van der Waals surface area contributed by atoms with Gasteiger partial charge in [-0.05, 0) is 31.3 Å². The van der Waals surface area contributed by atoms with E-state index in [0.717, 1.165) is 41.4 Å². The van der Waals surface area contributed by atoms with Crippen molar-refractivity contribution in [2.24, 2.45) is 0 Å². The minimum atomic E-state index is -0.567. The van der Waals surface area contributed by atoms with E-state index in [1.54, 1.807) is 30.3 Å². The Morgan fingerprint density at radius 2 is 2.00 bits per heavy atom. The Balaban J connectivity index is 1.57. The number of likely N-dealkylation sites (N-methyl/N-ethyl adjacent to an activating group) is 1. The van der Waals surface area contributed by atoms with Crippen molar-refractivity contribution in [3.8, 4) is 0 Å². The number of hydrogen-bond acceptors (Lipinski definition) is 8. The van der Waals surface area contributed by atoms with Gasteiger partial charge in [0.25, 0.3) is 11.8 Å². The van der Waals surface area contributed by atoms with E-state index in [1.807, 2.05) is 7.05 Å². The fourth-order valence-electron chi connectivity index (χ4n) is 3.48. The highest BCUT2D eigenvalue weighted by atomic mass is 35.5. The average molecular weight is 505 g/mol. The summed E-state index contributed by atoms with van der Waals surface area (Å²) in [6.07, 6.45) is 0.803. The highest BCUT2D eigenvalue weighted by molar-refractivity contribution is 7.18. The molecule has 3 aromatic rings. The van der Waals surface area contributed by atoms with Gasteiger partial charge in [-0.25, -0.2) is 9.78 Å². The minimum absolute atomic E-state index is 0.00834. The summed E-state index contributed by atoms with van der Waals surface area (Å²) in [7, 11) is 3.31. The van der Waals surface area contributed by atoms with Crippen LogP contribution in [0.2, 0.25) is 4.34 Å². The number of carbonyl (C=O) groups excluding carboxylic acids is 3. The molecule has 0 fully saturated rings. The Labute approximate surface area is 203 Å². The zero-order valence-corrected chi connectivity index (χ0v) is 20.3. The van der Waals surface area contributed by atoms with Crippen molar-refractivity contribution in [1.29, 1.82) is 0 Å². The summed E-state index contributed by atoms with van der Waals surface area (Å²) in [5.74, 6) is -1.26. The first-order valence-electron chi connectivity index (χ1n) is 10.1. The third-order valence-corrected chi connectivity index (χ3v) is 7.48. The summed E-state index contributed by atoms with van der Waals surface area (Å²) < 4.78 is 5.39. The fraction of sp³-hybridized carbons (Fsp3) is 0.273. The van der Waals surface area contributed by atoms with E-state index >= 15 is 0 Å². The Morgan fingerprint density at radius 1 is 1.18 bits per heavy atom. The maximum absolute atomic E-state index is 13.0. The van der Waals surface area contributed by atoms with Crippen molar-refractivity contribution < 1.29 is 19.1 Å². The lowest BCUT2D eigenvalue weighted by Gasteiger charge is -2.20. The second-order valence-electron chi connectivity index (χ2n) is 7.44. The molecule has 1 aliphatic rings. The number of rotatable bonds is 6. The minimum Gasteiger partial charge on any atom is -0.465 e. The number of halogens is 1.